The summed E-state index contributed by atoms with van der Waals surface area (Å²) in [5, 5.41) is 22.1. The van der Waals surface area contributed by atoms with E-state index in [0.717, 1.165) is 50.5 Å². The molecule has 1 aliphatic heterocycles. The molecule has 5 fully saturated rings. The van der Waals surface area contributed by atoms with E-state index in [1.807, 2.05) is 12.1 Å². The maximum atomic E-state index is 14.5. The standard InChI is InChI=1S/C46H64N2O6/c1-28(2)32-14-22-46(41(54)47-25-17-37(49)48-26-18-31(19-27-48)40(52)53)24-23-44(6)34(38(32)46)12-13-36-43(5)20-15-33(29-8-10-30(11-9-29)39(50)51)42(3,4)35(43)16-21-45(36,44)7/h8-11,15,31-32,34-36,38H,1,12-14,16-27H2,2-7H3,(H,47,54)(H,50,51)(H,52,53). The summed E-state index contributed by atoms with van der Waals surface area (Å²) in [5.41, 5.74) is 3.87. The molecule has 54 heavy (non-hydrogen) atoms. The molecule has 8 heteroatoms. The fraction of sp³-hybridized carbons (Fsp3) is 0.696. The van der Waals surface area contributed by atoms with E-state index in [-0.39, 0.29) is 51.7 Å². The van der Waals surface area contributed by atoms with Crippen LogP contribution in [0.2, 0.25) is 0 Å². The fourth-order valence-corrected chi connectivity index (χ4v) is 14.4. The van der Waals surface area contributed by atoms with Crippen molar-refractivity contribution in [1.82, 2.24) is 10.2 Å². The highest BCUT2D eigenvalue weighted by Crippen LogP contribution is 2.77. The van der Waals surface area contributed by atoms with Gasteiger partial charge in [0.1, 0.15) is 0 Å². The number of allylic oxidation sites excluding steroid dienone is 3. The van der Waals surface area contributed by atoms with Crippen LogP contribution in [0.25, 0.3) is 5.57 Å². The van der Waals surface area contributed by atoms with E-state index in [9.17, 15) is 29.4 Å². The zero-order valence-corrected chi connectivity index (χ0v) is 33.6. The van der Waals surface area contributed by atoms with E-state index < -0.39 is 17.4 Å². The Morgan fingerprint density at radius 1 is 0.833 bits per heavy atom. The number of likely N-dealkylation sites (tertiary alicyclic amines) is 1. The number of rotatable bonds is 8. The van der Waals surface area contributed by atoms with Crippen LogP contribution in [0, 0.1) is 62.6 Å². The molecule has 5 aliphatic carbocycles. The van der Waals surface area contributed by atoms with Crippen molar-refractivity contribution in [3.05, 3.63) is 53.6 Å². The molecule has 0 radical (unpaired) electrons. The summed E-state index contributed by atoms with van der Waals surface area (Å²) in [6, 6.07) is 7.46. The molecule has 1 heterocycles. The van der Waals surface area contributed by atoms with Gasteiger partial charge in [-0.1, -0.05) is 65.0 Å². The predicted molar refractivity (Wildman–Crippen MR) is 210 cm³/mol. The Labute approximate surface area is 322 Å². The van der Waals surface area contributed by atoms with Crippen molar-refractivity contribution in [2.45, 2.75) is 119 Å². The van der Waals surface area contributed by atoms with Crippen LogP contribution in [0.5, 0.6) is 0 Å². The summed E-state index contributed by atoms with van der Waals surface area (Å²) in [4.78, 5) is 52.3. The van der Waals surface area contributed by atoms with Gasteiger partial charge >= 0.3 is 11.9 Å². The molecule has 1 aromatic rings. The number of carboxylic acids is 2. The molecule has 3 N–H and O–H groups in total. The number of nitrogens with one attached hydrogen (secondary N) is 1. The Morgan fingerprint density at radius 3 is 2.15 bits per heavy atom. The van der Waals surface area contributed by atoms with E-state index in [1.165, 1.54) is 24.0 Å². The van der Waals surface area contributed by atoms with Crippen LogP contribution in [-0.4, -0.2) is 58.5 Å². The van der Waals surface area contributed by atoms with E-state index in [0.29, 0.717) is 61.7 Å². The van der Waals surface area contributed by atoms with E-state index in [2.05, 4.69) is 59.5 Å². The second-order valence-electron chi connectivity index (χ2n) is 19.8. The third-order valence-electron chi connectivity index (χ3n) is 17.4. The number of amides is 2. The maximum Gasteiger partial charge on any atom is 0.335 e. The first-order valence-corrected chi connectivity index (χ1v) is 20.9. The quantitative estimate of drug-likeness (QED) is 0.229. The zero-order valence-electron chi connectivity index (χ0n) is 33.6. The molecule has 0 spiro atoms. The molecule has 1 saturated heterocycles. The molecule has 0 bridgehead atoms. The van der Waals surface area contributed by atoms with Gasteiger partial charge in [-0.2, -0.15) is 0 Å². The van der Waals surface area contributed by atoms with Crippen molar-refractivity contribution in [3.8, 4) is 0 Å². The summed E-state index contributed by atoms with van der Waals surface area (Å²) in [6.07, 6.45) is 13.1. The normalized spacial score (nSPS) is 38.5. The van der Waals surface area contributed by atoms with Crippen LogP contribution in [0.1, 0.15) is 135 Å². The van der Waals surface area contributed by atoms with Crippen LogP contribution in [0.3, 0.4) is 0 Å². The highest BCUT2D eigenvalue weighted by molar-refractivity contribution is 5.88. The smallest absolute Gasteiger partial charge is 0.335 e. The molecule has 6 aliphatic rings. The minimum absolute atomic E-state index is 0.00469. The topological polar surface area (TPSA) is 124 Å². The van der Waals surface area contributed by atoms with E-state index in [1.54, 1.807) is 17.0 Å². The summed E-state index contributed by atoms with van der Waals surface area (Å²) < 4.78 is 0. The Bertz CT molecular complexity index is 1740. The van der Waals surface area contributed by atoms with Gasteiger partial charge in [-0.15, -0.1) is 0 Å². The summed E-state index contributed by atoms with van der Waals surface area (Å²) in [5.74, 6) is 0.124. The number of carbonyl (C=O) groups is 4. The lowest BCUT2D eigenvalue weighted by molar-refractivity contribution is -0.225. The van der Waals surface area contributed by atoms with Crippen molar-refractivity contribution in [2.75, 3.05) is 19.6 Å². The molecule has 8 nitrogen and oxygen atoms in total. The lowest BCUT2D eigenvalue weighted by Gasteiger charge is -2.72. The number of aromatic carboxylic acids is 1. The minimum atomic E-state index is -0.894. The molecule has 7 rings (SSSR count). The average Bonchev–Trinajstić information content (AvgIpc) is 3.53. The Morgan fingerprint density at radius 2 is 1.52 bits per heavy atom. The lowest BCUT2D eigenvalue weighted by Crippen LogP contribution is -2.66. The van der Waals surface area contributed by atoms with Crippen molar-refractivity contribution in [1.29, 1.82) is 0 Å². The van der Waals surface area contributed by atoms with Crippen LogP contribution < -0.4 is 5.32 Å². The molecule has 294 valence electrons. The van der Waals surface area contributed by atoms with Crippen LogP contribution in [0.15, 0.2) is 42.5 Å². The monoisotopic (exact) mass is 740 g/mol. The number of benzene rings is 1. The Hall–Kier alpha value is -3.42. The highest BCUT2D eigenvalue weighted by Gasteiger charge is 2.71. The minimum Gasteiger partial charge on any atom is -0.481 e. The zero-order chi connectivity index (χ0) is 39.0. The molecule has 2 amide bonds. The lowest BCUT2D eigenvalue weighted by atomic mass is 9.32. The van der Waals surface area contributed by atoms with Crippen molar-refractivity contribution < 1.29 is 29.4 Å². The van der Waals surface area contributed by atoms with Crippen LogP contribution in [0.4, 0.5) is 0 Å². The van der Waals surface area contributed by atoms with Gasteiger partial charge < -0.3 is 20.4 Å². The SMILES string of the molecule is C=C(C)C1CCC2(C(=O)NCCC(=O)N3CCC(C(=O)O)CC3)CCC3(C)C(CCC4C5(C)CC=C(c6ccc(C(=O)O)cc6)C(C)(C)C5CCC43C)C12. The number of nitrogens with zero attached hydrogens (tertiary/aromatic N) is 1. The molecule has 9 unspecified atom stereocenters. The van der Waals surface area contributed by atoms with Crippen molar-refractivity contribution in [3.63, 3.8) is 0 Å². The second-order valence-corrected chi connectivity index (χ2v) is 19.8. The van der Waals surface area contributed by atoms with Gasteiger partial charge in [0, 0.05) is 26.1 Å². The molecule has 9 atom stereocenters. The summed E-state index contributed by atoms with van der Waals surface area (Å²) in [7, 11) is 0. The summed E-state index contributed by atoms with van der Waals surface area (Å²) >= 11 is 0. The molecule has 1 aromatic carbocycles. The molecular formula is C46H64N2O6. The molecule has 0 aromatic heterocycles. The van der Waals surface area contributed by atoms with Gasteiger partial charge in [-0.05, 0) is 152 Å². The highest BCUT2D eigenvalue weighted by atomic mass is 16.4. The maximum absolute atomic E-state index is 14.5. The van der Waals surface area contributed by atoms with Crippen molar-refractivity contribution in [2.24, 2.45) is 62.6 Å². The number of hydrogen-bond donors (Lipinski definition) is 3. The second kappa shape index (κ2) is 13.7. The first-order valence-electron chi connectivity index (χ1n) is 20.9. The third-order valence-corrected chi connectivity index (χ3v) is 17.4. The van der Waals surface area contributed by atoms with Gasteiger partial charge in [0.05, 0.1) is 16.9 Å². The first-order chi connectivity index (χ1) is 25.4. The van der Waals surface area contributed by atoms with Crippen LogP contribution in [-0.2, 0) is 14.4 Å². The van der Waals surface area contributed by atoms with Gasteiger partial charge in [0.2, 0.25) is 11.8 Å². The number of hydrogen-bond acceptors (Lipinski definition) is 4. The largest absolute Gasteiger partial charge is 0.481 e. The Kier molecular flexibility index (Phi) is 9.82. The van der Waals surface area contributed by atoms with E-state index >= 15 is 0 Å². The molecule has 4 saturated carbocycles. The first kappa shape index (κ1) is 38.8. The number of aliphatic carboxylic acids is 1. The molecular weight excluding hydrogens is 677 g/mol. The van der Waals surface area contributed by atoms with Gasteiger partial charge in [0.15, 0.2) is 0 Å². The number of piperidine rings is 1. The van der Waals surface area contributed by atoms with Crippen LogP contribution >= 0.6 is 0 Å². The fourth-order valence-electron chi connectivity index (χ4n) is 14.4. The Balaban J connectivity index is 1.10. The van der Waals surface area contributed by atoms with Gasteiger partial charge in [-0.3, -0.25) is 14.4 Å². The van der Waals surface area contributed by atoms with E-state index in [4.69, 9.17) is 0 Å². The average molecular weight is 741 g/mol. The summed E-state index contributed by atoms with van der Waals surface area (Å²) in [6.45, 7) is 20.5. The number of fused-ring (bicyclic) bond motifs is 7. The van der Waals surface area contributed by atoms with Crippen molar-refractivity contribution >= 4 is 29.3 Å². The van der Waals surface area contributed by atoms with Gasteiger partial charge in [0.25, 0.3) is 0 Å². The number of carboxylic acid groups (broad SMARTS) is 2. The van der Waals surface area contributed by atoms with Gasteiger partial charge in [-0.25, -0.2) is 4.79 Å². The third kappa shape index (κ3) is 5.81. The number of carbonyl (C=O) groups excluding carboxylic acids is 2. The predicted octanol–water partition coefficient (Wildman–Crippen LogP) is 8.87.